The van der Waals surface area contributed by atoms with Crippen molar-refractivity contribution >= 4 is 17.2 Å². The molecule has 14 heavy (non-hydrogen) atoms. The van der Waals surface area contributed by atoms with Crippen LogP contribution < -0.4 is 0 Å². The summed E-state index contributed by atoms with van der Waals surface area (Å²) in [5.41, 5.74) is 0.771. The molecule has 0 spiro atoms. The number of hydrogen-bond donors (Lipinski definition) is 0. The van der Waals surface area contributed by atoms with E-state index >= 15 is 0 Å². The Balaban J connectivity index is 0.000000379. The Labute approximate surface area is 89.7 Å². The topological polar surface area (TPSA) is 30.2 Å². The summed E-state index contributed by atoms with van der Waals surface area (Å²) >= 11 is 5.66. The van der Waals surface area contributed by atoms with Crippen LogP contribution in [0.15, 0.2) is 24.7 Å². The molecule has 0 aliphatic heterocycles. The highest BCUT2D eigenvalue weighted by Gasteiger charge is 1.93. The van der Waals surface area contributed by atoms with E-state index in [4.69, 9.17) is 11.6 Å². The minimum Gasteiger partial charge on any atom is -0.235 e. The molecule has 2 rings (SSSR count). The van der Waals surface area contributed by atoms with Crippen LogP contribution in [0.25, 0.3) is 5.65 Å². The molecular weight excluding hydrogens is 198 g/mol. The fourth-order valence-corrected chi connectivity index (χ4v) is 0.929. The normalized spacial score (nSPS) is 8.36. The van der Waals surface area contributed by atoms with E-state index in [2.05, 4.69) is 10.1 Å². The molecule has 2 aromatic rings. The highest BCUT2D eigenvalue weighted by molar-refractivity contribution is 6.30. The highest BCUT2D eigenvalue weighted by atomic mass is 35.5. The minimum absolute atomic E-state index is 0.610. The Hall–Kier alpha value is -1.09. The van der Waals surface area contributed by atoms with Gasteiger partial charge in [0.1, 0.15) is 0 Å². The van der Waals surface area contributed by atoms with Crippen LogP contribution >= 0.6 is 11.6 Å². The van der Waals surface area contributed by atoms with E-state index in [9.17, 15) is 0 Å². The Morgan fingerprint density at radius 3 is 2.50 bits per heavy atom. The number of halogens is 1. The zero-order valence-electron chi connectivity index (χ0n) is 9.03. The zero-order valence-corrected chi connectivity index (χ0v) is 9.78. The van der Waals surface area contributed by atoms with Crippen molar-refractivity contribution in [2.75, 3.05) is 0 Å². The number of rotatable bonds is 0. The van der Waals surface area contributed by atoms with Gasteiger partial charge in [-0.05, 0) is 0 Å². The van der Waals surface area contributed by atoms with E-state index in [1.54, 1.807) is 29.2 Å². The van der Waals surface area contributed by atoms with Gasteiger partial charge in [-0.25, -0.2) is 9.50 Å². The van der Waals surface area contributed by atoms with Crippen molar-refractivity contribution in [2.24, 2.45) is 0 Å². The molecule has 0 unspecified atom stereocenters. The lowest BCUT2D eigenvalue weighted by Gasteiger charge is -1.89. The van der Waals surface area contributed by atoms with E-state index in [1.165, 1.54) is 0 Å². The summed E-state index contributed by atoms with van der Waals surface area (Å²) in [6, 6.07) is 1.76. The maximum Gasteiger partial charge on any atom is 0.154 e. The smallest absolute Gasteiger partial charge is 0.154 e. The molecular formula is C10H16ClN3. The van der Waals surface area contributed by atoms with Crippen molar-refractivity contribution in [3.63, 3.8) is 0 Å². The summed E-state index contributed by atoms with van der Waals surface area (Å²) in [5, 5.41) is 4.57. The highest BCUT2D eigenvalue weighted by Crippen LogP contribution is 2.07. The van der Waals surface area contributed by atoms with Crippen LogP contribution in [-0.2, 0) is 0 Å². The molecule has 78 valence electrons. The first kappa shape index (κ1) is 12.9. The summed E-state index contributed by atoms with van der Waals surface area (Å²) in [4.78, 5) is 4.00. The first-order chi connectivity index (χ1) is 6.86. The van der Waals surface area contributed by atoms with E-state index in [0.29, 0.717) is 5.02 Å². The van der Waals surface area contributed by atoms with Crippen molar-refractivity contribution in [2.45, 2.75) is 27.7 Å². The summed E-state index contributed by atoms with van der Waals surface area (Å²) < 4.78 is 1.66. The Bertz CT molecular complexity index is 357. The van der Waals surface area contributed by atoms with Crippen molar-refractivity contribution in [3.05, 3.63) is 29.7 Å². The quantitative estimate of drug-likeness (QED) is 0.671. The van der Waals surface area contributed by atoms with Crippen LogP contribution in [0.1, 0.15) is 27.7 Å². The molecule has 0 fully saturated rings. The van der Waals surface area contributed by atoms with Crippen LogP contribution in [-0.4, -0.2) is 14.6 Å². The van der Waals surface area contributed by atoms with E-state index in [1.807, 2.05) is 27.7 Å². The third-order valence-corrected chi connectivity index (χ3v) is 1.43. The maximum atomic E-state index is 5.66. The fourth-order valence-electron chi connectivity index (χ4n) is 0.787. The fraction of sp³-hybridized carbons (Fsp3) is 0.400. The molecule has 3 nitrogen and oxygen atoms in total. The standard InChI is InChI=1S/C6H4ClN3.2C2H6/c7-5-3-6-8-1-2-10(6)9-4-5;2*1-2/h1-4H;2*1-2H3. The molecule has 0 radical (unpaired) electrons. The molecule has 2 heterocycles. The molecule has 0 atom stereocenters. The summed E-state index contributed by atoms with van der Waals surface area (Å²) in [6.45, 7) is 8.00. The van der Waals surface area contributed by atoms with Gasteiger partial charge in [-0.1, -0.05) is 39.3 Å². The van der Waals surface area contributed by atoms with Gasteiger partial charge in [0, 0.05) is 18.5 Å². The predicted octanol–water partition coefficient (Wildman–Crippen LogP) is 3.44. The first-order valence-corrected chi connectivity index (χ1v) is 5.19. The average Bonchev–Trinajstić information content (AvgIpc) is 2.71. The number of hydrogen-bond acceptors (Lipinski definition) is 2. The second kappa shape index (κ2) is 7.33. The molecule has 0 N–H and O–H groups in total. The molecule has 0 aliphatic rings. The molecule has 0 amide bonds. The van der Waals surface area contributed by atoms with E-state index in [0.717, 1.165) is 5.65 Å². The molecule has 2 aromatic heterocycles. The van der Waals surface area contributed by atoms with Gasteiger partial charge >= 0.3 is 0 Å². The van der Waals surface area contributed by atoms with Crippen LogP contribution in [0.3, 0.4) is 0 Å². The molecule has 4 heteroatoms. The van der Waals surface area contributed by atoms with Crippen LogP contribution in [0.5, 0.6) is 0 Å². The molecule has 0 saturated heterocycles. The van der Waals surface area contributed by atoms with Crippen LogP contribution in [0.2, 0.25) is 5.02 Å². The van der Waals surface area contributed by atoms with Gasteiger partial charge in [0.15, 0.2) is 5.65 Å². The number of aromatic nitrogens is 3. The van der Waals surface area contributed by atoms with Gasteiger partial charge in [-0.2, -0.15) is 5.10 Å². The maximum absolute atomic E-state index is 5.66. The first-order valence-electron chi connectivity index (χ1n) is 4.81. The Morgan fingerprint density at radius 2 is 1.86 bits per heavy atom. The van der Waals surface area contributed by atoms with Crippen LogP contribution in [0.4, 0.5) is 0 Å². The molecule has 0 aromatic carbocycles. The van der Waals surface area contributed by atoms with Gasteiger partial charge in [0.2, 0.25) is 0 Å². The number of fused-ring (bicyclic) bond motifs is 1. The summed E-state index contributed by atoms with van der Waals surface area (Å²) in [5.74, 6) is 0. The van der Waals surface area contributed by atoms with Crippen molar-refractivity contribution in [1.82, 2.24) is 14.6 Å². The number of nitrogens with zero attached hydrogens (tertiary/aromatic N) is 3. The predicted molar refractivity (Wildman–Crippen MR) is 60.7 cm³/mol. The third-order valence-electron chi connectivity index (χ3n) is 1.22. The minimum atomic E-state index is 0.610. The van der Waals surface area contributed by atoms with Gasteiger partial charge in [0.05, 0.1) is 11.2 Å². The average molecular weight is 214 g/mol. The monoisotopic (exact) mass is 213 g/mol. The molecule has 0 saturated carbocycles. The van der Waals surface area contributed by atoms with Gasteiger partial charge in [-0.3, -0.25) is 0 Å². The Kier molecular flexibility index (Phi) is 6.76. The van der Waals surface area contributed by atoms with Crippen LogP contribution in [0, 0.1) is 0 Å². The van der Waals surface area contributed by atoms with E-state index in [-0.39, 0.29) is 0 Å². The largest absolute Gasteiger partial charge is 0.235 e. The van der Waals surface area contributed by atoms with Crippen molar-refractivity contribution in [1.29, 1.82) is 0 Å². The van der Waals surface area contributed by atoms with Crippen molar-refractivity contribution in [3.8, 4) is 0 Å². The summed E-state index contributed by atoms with van der Waals surface area (Å²) in [6.07, 6.45) is 5.03. The van der Waals surface area contributed by atoms with Crippen molar-refractivity contribution < 1.29 is 0 Å². The second-order valence-corrected chi connectivity index (χ2v) is 2.34. The molecule has 0 bridgehead atoms. The SMILES string of the molecule is CC.CC.Clc1cnn2ccnc2c1. The lowest BCUT2D eigenvalue weighted by molar-refractivity contribution is 0.936. The zero-order chi connectivity index (χ0) is 11.0. The van der Waals surface area contributed by atoms with Gasteiger partial charge in [0.25, 0.3) is 0 Å². The molecule has 0 aliphatic carbocycles. The lowest BCUT2D eigenvalue weighted by atomic mass is 10.6. The summed E-state index contributed by atoms with van der Waals surface area (Å²) in [7, 11) is 0. The Morgan fingerprint density at radius 1 is 1.21 bits per heavy atom. The number of imidazole rings is 1. The van der Waals surface area contributed by atoms with Gasteiger partial charge < -0.3 is 0 Å². The van der Waals surface area contributed by atoms with E-state index < -0.39 is 0 Å². The second-order valence-electron chi connectivity index (χ2n) is 1.90. The van der Waals surface area contributed by atoms with Gasteiger partial charge in [-0.15, -0.1) is 0 Å². The lowest BCUT2D eigenvalue weighted by Crippen LogP contribution is -1.87. The third kappa shape index (κ3) is 3.34.